The molecule has 1 heterocycles. The van der Waals surface area contributed by atoms with Crippen LogP contribution >= 0.6 is 0 Å². The van der Waals surface area contributed by atoms with E-state index in [2.05, 4.69) is 6.07 Å². The van der Waals surface area contributed by atoms with Crippen LogP contribution in [0.4, 0.5) is 0 Å². The molecule has 0 N–H and O–H groups in total. The zero-order valence-electron chi connectivity index (χ0n) is 12.6. The van der Waals surface area contributed by atoms with Gasteiger partial charge >= 0.3 is 5.97 Å². The van der Waals surface area contributed by atoms with Crippen LogP contribution in [0.3, 0.4) is 0 Å². The van der Waals surface area contributed by atoms with Crippen LogP contribution < -0.4 is 9.47 Å². The van der Waals surface area contributed by atoms with Crippen molar-refractivity contribution in [2.24, 2.45) is 0 Å². The molecule has 0 aromatic heterocycles. The summed E-state index contributed by atoms with van der Waals surface area (Å²) in [5, 5.41) is 9.05. The van der Waals surface area contributed by atoms with E-state index in [0.717, 1.165) is 0 Å². The van der Waals surface area contributed by atoms with Gasteiger partial charge in [-0.15, -0.1) is 0 Å². The first-order valence-electron chi connectivity index (χ1n) is 7.26. The Bertz CT molecular complexity index is 766. The summed E-state index contributed by atoms with van der Waals surface area (Å²) in [5.41, 5.74) is 1.15. The van der Waals surface area contributed by atoms with Crippen molar-refractivity contribution in [2.45, 2.75) is 25.7 Å². The minimum Gasteiger partial charge on any atom is -0.482 e. The minimum absolute atomic E-state index is 0.0246. The van der Waals surface area contributed by atoms with Gasteiger partial charge in [0.15, 0.2) is 11.5 Å². The van der Waals surface area contributed by atoms with Crippen LogP contribution in [0.15, 0.2) is 48.5 Å². The van der Waals surface area contributed by atoms with Crippen molar-refractivity contribution in [2.75, 3.05) is 0 Å². The van der Waals surface area contributed by atoms with Gasteiger partial charge in [-0.2, -0.15) is 5.26 Å². The quantitative estimate of drug-likeness (QED) is 0.815. The van der Waals surface area contributed by atoms with Crippen molar-refractivity contribution in [3.05, 3.63) is 59.7 Å². The molecule has 5 heteroatoms. The van der Waals surface area contributed by atoms with Crippen LogP contribution in [0.2, 0.25) is 0 Å². The third-order valence-corrected chi connectivity index (χ3v) is 3.58. The van der Waals surface area contributed by atoms with Gasteiger partial charge in [0.05, 0.1) is 11.6 Å². The normalized spacial score (nSPS) is 18.8. The van der Waals surface area contributed by atoms with Crippen LogP contribution in [0.5, 0.6) is 11.5 Å². The number of nitriles is 1. The fourth-order valence-corrected chi connectivity index (χ4v) is 2.37. The van der Waals surface area contributed by atoms with Gasteiger partial charge in [0.25, 0.3) is 0 Å². The summed E-state index contributed by atoms with van der Waals surface area (Å²) in [5.74, 6) is 0.614. The SMILES string of the molecule is C[C@H]1Oc2ccccc2O[C@@H]1C(=O)OCc1ccccc1C#N. The van der Waals surface area contributed by atoms with E-state index in [1.165, 1.54) is 0 Å². The summed E-state index contributed by atoms with van der Waals surface area (Å²) >= 11 is 0. The third-order valence-electron chi connectivity index (χ3n) is 3.58. The number of ether oxygens (including phenoxy) is 3. The molecule has 2 atom stereocenters. The number of rotatable bonds is 3. The maximum Gasteiger partial charge on any atom is 0.351 e. The van der Waals surface area contributed by atoms with Gasteiger partial charge in [-0.25, -0.2) is 4.79 Å². The van der Waals surface area contributed by atoms with Crippen molar-refractivity contribution >= 4 is 5.97 Å². The Balaban J connectivity index is 1.68. The Morgan fingerprint density at radius 1 is 1.13 bits per heavy atom. The molecule has 1 aliphatic heterocycles. The summed E-state index contributed by atoms with van der Waals surface area (Å²) < 4.78 is 16.7. The molecule has 1 aliphatic rings. The maximum atomic E-state index is 12.3. The first-order valence-corrected chi connectivity index (χ1v) is 7.26. The van der Waals surface area contributed by atoms with Crippen molar-refractivity contribution in [3.63, 3.8) is 0 Å². The predicted molar refractivity (Wildman–Crippen MR) is 81.9 cm³/mol. The molecule has 0 spiro atoms. The molecule has 2 aromatic rings. The lowest BCUT2D eigenvalue weighted by Gasteiger charge is -2.30. The summed E-state index contributed by atoms with van der Waals surface area (Å²) in [6, 6.07) is 16.2. The number of fused-ring (bicyclic) bond motifs is 1. The molecule has 0 unspecified atom stereocenters. The fourth-order valence-electron chi connectivity index (χ4n) is 2.37. The molecule has 0 saturated carbocycles. The van der Waals surface area contributed by atoms with Crippen molar-refractivity contribution in [1.82, 2.24) is 0 Å². The highest BCUT2D eigenvalue weighted by Gasteiger charge is 2.35. The summed E-state index contributed by atoms with van der Waals surface area (Å²) in [6.45, 7) is 1.78. The van der Waals surface area contributed by atoms with E-state index >= 15 is 0 Å². The van der Waals surface area contributed by atoms with E-state index < -0.39 is 18.2 Å². The van der Waals surface area contributed by atoms with Crippen molar-refractivity contribution in [3.8, 4) is 17.6 Å². The first kappa shape index (κ1) is 14.9. The zero-order valence-corrected chi connectivity index (χ0v) is 12.6. The Hall–Kier alpha value is -3.00. The second kappa shape index (κ2) is 6.41. The second-order valence-corrected chi connectivity index (χ2v) is 5.18. The number of esters is 1. The predicted octanol–water partition coefficient (Wildman–Crippen LogP) is 2.83. The standard InChI is InChI=1S/C18H15NO4/c1-12-17(23-16-9-5-4-8-15(16)22-12)18(20)21-11-14-7-3-2-6-13(14)10-19/h2-9,12,17H,11H2,1H3/t12-,17+/m1/s1. The molecule has 5 nitrogen and oxygen atoms in total. The smallest absolute Gasteiger partial charge is 0.351 e. The maximum absolute atomic E-state index is 12.3. The van der Waals surface area contributed by atoms with Gasteiger partial charge < -0.3 is 14.2 Å². The molecule has 0 radical (unpaired) electrons. The van der Waals surface area contributed by atoms with E-state index in [1.54, 1.807) is 43.3 Å². The monoisotopic (exact) mass is 309 g/mol. The molecule has 2 aromatic carbocycles. The van der Waals surface area contributed by atoms with Gasteiger partial charge in [0, 0.05) is 5.56 Å². The number of hydrogen-bond acceptors (Lipinski definition) is 5. The van der Waals surface area contributed by atoms with Gasteiger partial charge in [-0.05, 0) is 25.1 Å². The number of carbonyl (C=O) groups is 1. The first-order chi connectivity index (χ1) is 11.2. The van der Waals surface area contributed by atoms with Crippen LogP contribution in [0, 0.1) is 11.3 Å². The van der Waals surface area contributed by atoms with Crippen LogP contribution in [0.25, 0.3) is 0 Å². The molecule has 0 amide bonds. The van der Waals surface area contributed by atoms with Gasteiger partial charge in [0.1, 0.15) is 12.7 Å². The summed E-state index contributed by atoms with van der Waals surface area (Å²) in [7, 11) is 0. The largest absolute Gasteiger partial charge is 0.482 e. The lowest BCUT2D eigenvalue weighted by atomic mass is 10.1. The van der Waals surface area contributed by atoms with E-state index in [4.69, 9.17) is 19.5 Å². The molecular formula is C18H15NO4. The number of para-hydroxylation sites is 2. The van der Waals surface area contributed by atoms with Gasteiger partial charge in [-0.1, -0.05) is 30.3 Å². The molecule has 0 bridgehead atoms. The Morgan fingerprint density at radius 3 is 2.52 bits per heavy atom. The Morgan fingerprint density at radius 2 is 1.78 bits per heavy atom. The van der Waals surface area contributed by atoms with Crippen LogP contribution in [-0.2, 0) is 16.1 Å². The fraction of sp³-hybridized carbons (Fsp3) is 0.222. The highest BCUT2D eigenvalue weighted by atomic mass is 16.6. The molecular weight excluding hydrogens is 294 g/mol. The summed E-state index contributed by atoms with van der Waals surface area (Å²) in [4.78, 5) is 12.3. The van der Waals surface area contributed by atoms with Crippen molar-refractivity contribution in [1.29, 1.82) is 5.26 Å². The molecule has 0 fully saturated rings. The molecule has 0 aliphatic carbocycles. The van der Waals surface area contributed by atoms with Crippen LogP contribution in [0.1, 0.15) is 18.1 Å². The minimum atomic E-state index is -0.834. The topological polar surface area (TPSA) is 68.6 Å². The zero-order chi connectivity index (χ0) is 16.2. The molecule has 0 saturated heterocycles. The molecule has 116 valence electrons. The highest BCUT2D eigenvalue weighted by molar-refractivity contribution is 5.76. The Kier molecular flexibility index (Phi) is 4.15. The lowest BCUT2D eigenvalue weighted by Crippen LogP contribution is -2.44. The summed E-state index contributed by atoms with van der Waals surface area (Å²) in [6.07, 6.45) is -1.29. The molecule has 3 rings (SSSR count). The number of hydrogen-bond donors (Lipinski definition) is 0. The van der Waals surface area contributed by atoms with E-state index in [-0.39, 0.29) is 6.61 Å². The van der Waals surface area contributed by atoms with E-state index in [0.29, 0.717) is 22.6 Å². The van der Waals surface area contributed by atoms with E-state index in [1.807, 2.05) is 12.1 Å². The Labute approximate surface area is 134 Å². The van der Waals surface area contributed by atoms with Gasteiger partial charge in [-0.3, -0.25) is 0 Å². The van der Waals surface area contributed by atoms with Gasteiger partial charge in [0.2, 0.25) is 6.10 Å². The number of benzene rings is 2. The highest BCUT2D eigenvalue weighted by Crippen LogP contribution is 2.33. The molecule has 23 heavy (non-hydrogen) atoms. The van der Waals surface area contributed by atoms with E-state index in [9.17, 15) is 4.79 Å². The number of carbonyl (C=O) groups excluding carboxylic acids is 1. The second-order valence-electron chi connectivity index (χ2n) is 5.18. The van der Waals surface area contributed by atoms with Crippen LogP contribution in [-0.4, -0.2) is 18.2 Å². The van der Waals surface area contributed by atoms with Crippen molar-refractivity contribution < 1.29 is 19.0 Å². The third kappa shape index (κ3) is 3.11. The number of nitrogens with zero attached hydrogens (tertiary/aromatic N) is 1. The average Bonchev–Trinajstić information content (AvgIpc) is 2.59. The lowest BCUT2D eigenvalue weighted by molar-refractivity contribution is -0.159. The average molecular weight is 309 g/mol.